The van der Waals surface area contributed by atoms with Crippen molar-refractivity contribution in [2.24, 2.45) is 4.99 Å². The van der Waals surface area contributed by atoms with Gasteiger partial charge in [0, 0.05) is 28.9 Å². The van der Waals surface area contributed by atoms with Gasteiger partial charge in [0.05, 0.1) is 21.2 Å². The van der Waals surface area contributed by atoms with Gasteiger partial charge in [-0.3, -0.25) is 20.2 Å². The van der Waals surface area contributed by atoms with Crippen molar-refractivity contribution in [3.8, 4) is 0 Å². The fraction of sp³-hybridized carbons (Fsp3) is 0.111. The van der Waals surface area contributed by atoms with Gasteiger partial charge < -0.3 is 0 Å². The van der Waals surface area contributed by atoms with E-state index in [0.717, 1.165) is 32.4 Å². The third-order valence-corrected chi connectivity index (χ3v) is 4.97. The number of nitro benzene ring substituents is 1. The molecule has 3 rings (SSSR count). The van der Waals surface area contributed by atoms with E-state index >= 15 is 0 Å². The largest absolute Gasteiger partial charge is 0.281 e. The Morgan fingerprint density at radius 1 is 1.16 bits per heavy atom. The Morgan fingerprint density at radius 3 is 2.52 bits per heavy atom. The van der Waals surface area contributed by atoms with Crippen LogP contribution in [0.25, 0.3) is 0 Å². The van der Waals surface area contributed by atoms with Gasteiger partial charge in [0.25, 0.3) is 5.69 Å². The van der Waals surface area contributed by atoms with Crippen molar-refractivity contribution in [1.29, 1.82) is 0 Å². The molecule has 6 nitrogen and oxygen atoms in total. The van der Waals surface area contributed by atoms with Crippen molar-refractivity contribution in [2.45, 2.75) is 23.6 Å². The van der Waals surface area contributed by atoms with Crippen molar-refractivity contribution in [2.75, 3.05) is 0 Å². The zero-order valence-electron chi connectivity index (χ0n) is 13.8. The second kappa shape index (κ2) is 7.31. The van der Waals surface area contributed by atoms with Crippen LogP contribution in [0.2, 0.25) is 0 Å². The number of hydrogen-bond donors (Lipinski definition) is 1. The number of aromatic amines is 1. The molecule has 0 bridgehead atoms. The predicted molar refractivity (Wildman–Crippen MR) is 99.0 cm³/mol. The highest BCUT2D eigenvalue weighted by Gasteiger charge is 2.10. The number of aromatic nitrogens is 2. The molecular weight excluding hydrogens is 336 g/mol. The monoisotopic (exact) mass is 352 g/mol. The number of H-pyrrole nitrogens is 1. The molecule has 1 heterocycles. The molecule has 1 N–H and O–H groups in total. The maximum absolute atomic E-state index is 10.7. The number of rotatable bonds is 5. The number of para-hydroxylation sites is 1. The zero-order valence-corrected chi connectivity index (χ0v) is 14.6. The Kier molecular flexibility index (Phi) is 4.95. The number of aryl methyl sites for hydroxylation is 2. The van der Waals surface area contributed by atoms with Gasteiger partial charge in [-0.1, -0.05) is 23.9 Å². The van der Waals surface area contributed by atoms with Gasteiger partial charge in [0.2, 0.25) is 0 Å². The molecule has 0 saturated heterocycles. The van der Waals surface area contributed by atoms with E-state index < -0.39 is 4.92 Å². The topological polar surface area (TPSA) is 84.2 Å². The van der Waals surface area contributed by atoms with Crippen LogP contribution < -0.4 is 0 Å². The molecule has 2 aromatic carbocycles. The lowest BCUT2D eigenvalue weighted by molar-refractivity contribution is -0.384. The lowest BCUT2D eigenvalue weighted by Gasteiger charge is -2.05. The van der Waals surface area contributed by atoms with Gasteiger partial charge in [-0.2, -0.15) is 5.10 Å². The van der Waals surface area contributed by atoms with Crippen LogP contribution in [0.1, 0.15) is 17.0 Å². The maximum Gasteiger partial charge on any atom is 0.269 e. The molecule has 25 heavy (non-hydrogen) atoms. The Labute approximate surface area is 149 Å². The highest BCUT2D eigenvalue weighted by atomic mass is 32.2. The molecule has 0 amide bonds. The van der Waals surface area contributed by atoms with Crippen LogP contribution in [0.3, 0.4) is 0 Å². The number of benzene rings is 2. The SMILES string of the molecule is Cc1n[nH]c(C)c1Sc1ccccc1N=Cc1ccc([N+](=O)[O-])cc1. The van der Waals surface area contributed by atoms with Gasteiger partial charge in [0.15, 0.2) is 0 Å². The molecule has 0 aliphatic carbocycles. The van der Waals surface area contributed by atoms with E-state index in [9.17, 15) is 10.1 Å². The zero-order chi connectivity index (χ0) is 17.8. The first kappa shape index (κ1) is 16.9. The fourth-order valence-corrected chi connectivity index (χ4v) is 3.26. The summed E-state index contributed by atoms with van der Waals surface area (Å²) in [5, 5.41) is 17.9. The molecule has 0 aliphatic heterocycles. The van der Waals surface area contributed by atoms with E-state index in [1.165, 1.54) is 12.1 Å². The summed E-state index contributed by atoms with van der Waals surface area (Å²) < 4.78 is 0. The van der Waals surface area contributed by atoms with Crippen LogP contribution in [0, 0.1) is 24.0 Å². The first-order valence-corrected chi connectivity index (χ1v) is 8.43. The first-order valence-electron chi connectivity index (χ1n) is 7.61. The van der Waals surface area contributed by atoms with Crippen LogP contribution in [0.15, 0.2) is 63.3 Å². The number of hydrogen-bond acceptors (Lipinski definition) is 5. The van der Waals surface area contributed by atoms with Crippen molar-refractivity contribution >= 4 is 29.4 Å². The molecule has 0 atom stereocenters. The van der Waals surface area contributed by atoms with E-state index in [1.54, 1.807) is 30.1 Å². The van der Waals surface area contributed by atoms with Gasteiger partial charge in [0.1, 0.15) is 0 Å². The Bertz CT molecular complexity index is 913. The normalized spacial score (nSPS) is 11.1. The Morgan fingerprint density at radius 2 is 1.88 bits per heavy atom. The molecule has 0 saturated carbocycles. The van der Waals surface area contributed by atoms with Gasteiger partial charge in [-0.25, -0.2) is 0 Å². The van der Waals surface area contributed by atoms with Crippen LogP contribution in [0.5, 0.6) is 0 Å². The standard InChI is InChI=1S/C18H16N4O2S/c1-12-18(13(2)21-20-12)25-17-6-4-3-5-16(17)19-11-14-7-9-15(10-8-14)22(23)24/h3-11H,1-2H3,(H,20,21). The van der Waals surface area contributed by atoms with Gasteiger partial charge >= 0.3 is 0 Å². The van der Waals surface area contributed by atoms with Crippen molar-refractivity contribution < 1.29 is 4.92 Å². The second-order valence-corrected chi connectivity index (χ2v) is 6.49. The average Bonchev–Trinajstić information content (AvgIpc) is 2.93. The summed E-state index contributed by atoms with van der Waals surface area (Å²) in [5.74, 6) is 0. The summed E-state index contributed by atoms with van der Waals surface area (Å²) in [6, 6.07) is 14.2. The van der Waals surface area contributed by atoms with Crippen molar-refractivity contribution in [1.82, 2.24) is 10.2 Å². The van der Waals surface area contributed by atoms with E-state index in [-0.39, 0.29) is 5.69 Å². The second-order valence-electron chi connectivity index (χ2n) is 5.44. The molecule has 3 aromatic rings. The number of nitrogens with one attached hydrogen (secondary N) is 1. The van der Waals surface area contributed by atoms with Crippen LogP contribution in [-0.2, 0) is 0 Å². The van der Waals surface area contributed by atoms with Crippen molar-refractivity contribution in [3.05, 3.63) is 75.6 Å². The van der Waals surface area contributed by atoms with E-state index in [0.29, 0.717) is 0 Å². The Balaban J connectivity index is 1.84. The first-order chi connectivity index (χ1) is 12.0. The third-order valence-electron chi connectivity index (χ3n) is 3.59. The molecule has 1 aromatic heterocycles. The summed E-state index contributed by atoms with van der Waals surface area (Å²) >= 11 is 1.62. The van der Waals surface area contributed by atoms with E-state index in [2.05, 4.69) is 15.2 Å². The molecular formula is C18H16N4O2S. The van der Waals surface area contributed by atoms with Crippen LogP contribution in [0.4, 0.5) is 11.4 Å². The maximum atomic E-state index is 10.7. The molecule has 0 aliphatic rings. The number of aliphatic imine (C=N–C) groups is 1. The van der Waals surface area contributed by atoms with E-state index in [1.807, 2.05) is 38.1 Å². The lowest BCUT2D eigenvalue weighted by Crippen LogP contribution is -1.88. The average molecular weight is 352 g/mol. The molecule has 126 valence electrons. The predicted octanol–water partition coefficient (Wildman–Crippen LogP) is 4.84. The highest BCUT2D eigenvalue weighted by Crippen LogP contribution is 2.37. The summed E-state index contributed by atoms with van der Waals surface area (Å²) in [5.41, 5.74) is 3.69. The van der Waals surface area contributed by atoms with Crippen LogP contribution in [-0.4, -0.2) is 21.3 Å². The number of non-ortho nitro benzene ring substituents is 1. The minimum absolute atomic E-state index is 0.0685. The van der Waals surface area contributed by atoms with Gasteiger partial charge in [-0.05, 0) is 43.7 Å². The quantitative estimate of drug-likeness (QED) is 0.405. The van der Waals surface area contributed by atoms with Crippen LogP contribution >= 0.6 is 11.8 Å². The number of nitrogens with zero attached hydrogens (tertiary/aromatic N) is 3. The summed E-state index contributed by atoms with van der Waals surface area (Å²) in [6.45, 7) is 3.96. The minimum atomic E-state index is -0.414. The van der Waals surface area contributed by atoms with Crippen molar-refractivity contribution in [3.63, 3.8) is 0 Å². The molecule has 0 unspecified atom stereocenters. The molecule has 0 spiro atoms. The fourth-order valence-electron chi connectivity index (χ4n) is 2.28. The lowest BCUT2D eigenvalue weighted by atomic mass is 10.2. The molecule has 7 heteroatoms. The molecule has 0 radical (unpaired) electrons. The Hall–Kier alpha value is -2.93. The van der Waals surface area contributed by atoms with Gasteiger partial charge in [-0.15, -0.1) is 0 Å². The summed E-state index contributed by atoms with van der Waals surface area (Å²) in [4.78, 5) is 17.0. The molecule has 0 fully saturated rings. The summed E-state index contributed by atoms with van der Waals surface area (Å²) in [7, 11) is 0. The highest BCUT2D eigenvalue weighted by molar-refractivity contribution is 7.99. The van der Waals surface area contributed by atoms with E-state index in [4.69, 9.17) is 0 Å². The number of nitro groups is 1. The smallest absolute Gasteiger partial charge is 0.269 e. The minimum Gasteiger partial charge on any atom is -0.281 e. The third kappa shape index (κ3) is 3.95. The summed E-state index contributed by atoms with van der Waals surface area (Å²) in [6.07, 6.45) is 1.71.